The summed E-state index contributed by atoms with van der Waals surface area (Å²) in [4.78, 5) is 24.8. The minimum Gasteiger partial charge on any atom is -0.469 e. The predicted octanol–water partition coefficient (Wildman–Crippen LogP) is 1.32. The van der Waals surface area contributed by atoms with Crippen molar-refractivity contribution < 1.29 is 23.8 Å². The van der Waals surface area contributed by atoms with Gasteiger partial charge in [-0.3, -0.25) is 9.59 Å². The lowest BCUT2D eigenvalue weighted by Gasteiger charge is -2.53. The summed E-state index contributed by atoms with van der Waals surface area (Å²) in [6, 6.07) is 0. The lowest BCUT2D eigenvalue weighted by Crippen LogP contribution is -2.64. The Labute approximate surface area is 112 Å². The van der Waals surface area contributed by atoms with Crippen LogP contribution in [0.15, 0.2) is 11.6 Å². The van der Waals surface area contributed by atoms with E-state index in [4.69, 9.17) is 14.2 Å². The minimum atomic E-state index is -1.27. The van der Waals surface area contributed by atoms with Gasteiger partial charge in [-0.05, 0) is 20.3 Å². The molecule has 0 spiro atoms. The van der Waals surface area contributed by atoms with Crippen molar-refractivity contribution in [1.29, 1.82) is 0 Å². The van der Waals surface area contributed by atoms with Crippen LogP contribution >= 0.6 is 0 Å². The van der Waals surface area contributed by atoms with Crippen LogP contribution in [0.5, 0.6) is 0 Å². The fourth-order valence-electron chi connectivity index (χ4n) is 3.70. The van der Waals surface area contributed by atoms with E-state index in [0.717, 1.165) is 5.57 Å². The zero-order chi connectivity index (χ0) is 14.4. The van der Waals surface area contributed by atoms with Crippen molar-refractivity contribution in [3.63, 3.8) is 0 Å². The molecule has 0 amide bonds. The summed E-state index contributed by atoms with van der Waals surface area (Å²) in [5, 5.41) is 0. The van der Waals surface area contributed by atoms with Gasteiger partial charge in [-0.1, -0.05) is 11.6 Å². The number of hydrogen-bond donors (Lipinski definition) is 0. The number of esters is 1. The molecule has 3 rings (SSSR count). The maximum absolute atomic E-state index is 12.7. The van der Waals surface area contributed by atoms with Crippen molar-refractivity contribution in [3.8, 4) is 0 Å². The summed E-state index contributed by atoms with van der Waals surface area (Å²) in [5.74, 6) is -2.64. The molecule has 5 heteroatoms. The van der Waals surface area contributed by atoms with E-state index >= 15 is 0 Å². The smallest absolute Gasteiger partial charge is 0.312 e. The van der Waals surface area contributed by atoms with E-state index in [2.05, 4.69) is 0 Å². The van der Waals surface area contributed by atoms with E-state index in [1.165, 1.54) is 21.3 Å². The van der Waals surface area contributed by atoms with Gasteiger partial charge in [0.2, 0.25) is 11.6 Å². The van der Waals surface area contributed by atoms with Gasteiger partial charge in [0, 0.05) is 20.1 Å². The molecule has 3 atom stereocenters. The van der Waals surface area contributed by atoms with Crippen LogP contribution in [0, 0.1) is 17.3 Å². The van der Waals surface area contributed by atoms with Gasteiger partial charge in [0.1, 0.15) is 0 Å². The molecule has 106 valence electrons. The normalized spacial score (nSPS) is 36.1. The summed E-state index contributed by atoms with van der Waals surface area (Å²) in [5.41, 5.74) is 0.0504. The standard InChI is InChI=1S/C14H20O5/c1-8-6-9-7-13(2,12(16)17-3)10(8)11(15)14(9,18-4)19-5/h6,9-10H,7H2,1-5H3/t9-,10-,13+/m1/s1. The van der Waals surface area contributed by atoms with Gasteiger partial charge < -0.3 is 14.2 Å². The summed E-state index contributed by atoms with van der Waals surface area (Å²) < 4.78 is 15.6. The Kier molecular flexibility index (Phi) is 3.31. The molecule has 0 heterocycles. The molecule has 0 aliphatic heterocycles. The highest BCUT2D eigenvalue weighted by molar-refractivity contribution is 5.98. The van der Waals surface area contributed by atoms with Crippen LogP contribution in [0.25, 0.3) is 0 Å². The van der Waals surface area contributed by atoms with E-state index < -0.39 is 17.1 Å². The maximum Gasteiger partial charge on any atom is 0.312 e. The van der Waals surface area contributed by atoms with Crippen LogP contribution in [-0.2, 0) is 23.8 Å². The number of fused-ring (bicyclic) bond motifs is 2. The average molecular weight is 268 g/mol. The van der Waals surface area contributed by atoms with Crippen molar-refractivity contribution in [2.24, 2.45) is 17.3 Å². The first-order valence-corrected chi connectivity index (χ1v) is 6.28. The summed E-state index contributed by atoms with van der Waals surface area (Å²) in [6.07, 6.45) is 2.46. The first-order valence-electron chi connectivity index (χ1n) is 6.28. The molecule has 5 nitrogen and oxygen atoms in total. The van der Waals surface area contributed by atoms with Crippen molar-refractivity contribution >= 4 is 11.8 Å². The SMILES string of the molecule is COC(=O)[C@@]1(C)C[C@H]2C=C(C)[C@@H]1C(=O)C2(OC)OC. The van der Waals surface area contributed by atoms with Gasteiger partial charge in [-0.25, -0.2) is 0 Å². The van der Waals surface area contributed by atoms with Crippen LogP contribution < -0.4 is 0 Å². The van der Waals surface area contributed by atoms with E-state index in [9.17, 15) is 9.59 Å². The summed E-state index contributed by atoms with van der Waals surface area (Å²) in [6.45, 7) is 3.64. The van der Waals surface area contributed by atoms with Crippen molar-refractivity contribution in [2.45, 2.75) is 26.1 Å². The highest BCUT2D eigenvalue weighted by atomic mass is 16.7. The number of methoxy groups -OCH3 is 3. The maximum atomic E-state index is 12.7. The monoisotopic (exact) mass is 268 g/mol. The lowest BCUT2D eigenvalue weighted by atomic mass is 9.54. The van der Waals surface area contributed by atoms with Gasteiger partial charge in [0.15, 0.2) is 0 Å². The number of carbonyl (C=O) groups is 2. The lowest BCUT2D eigenvalue weighted by molar-refractivity contribution is -0.247. The highest BCUT2D eigenvalue weighted by Crippen LogP contribution is 2.55. The molecule has 0 unspecified atom stereocenters. The summed E-state index contributed by atoms with van der Waals surface area (Å²) >= 11 is 0. The van der Waals surface area contributed by atoms with Gasteiger partial charge in [0.25, 0.3) is 0 Å². The van der Waals surface area contributed by atoms with Crippen molar-refractivity contribution in [2.75, 3.05) is 21.3 Å². The fraction of sp³-hybridized carbons (Fsp3) is 0.714. The number of ketones is 1. The third kappa shape index (κ3) is 1.61. The molecular weight excluding hydrogens is 248 g/mol. The Bertz CT molecular complexity index is 449. The number of allylic oxidation sites excluding steroid dienone is 1. The third-order valence-electron chi connectivity index (χ3n) is 4.55. The molecule has 1 fully saturated rings. The molecule has 0 aromatic rings. The number of ether oxygens (including phenoxy) is 3. The number of Topliss-reactive ketones (excluding diaryl/α,β-unsaturated/α-hetero) is 1. The van der Waals surface area contributed by atoms with Crippen LogP contribution in [0.2, 0.25) is 0 Å². The molecule has 19 heavy (non-hydrogen) atoms. The van der Waals surface area contributed by atoms with Gasteiger partial charge in [0.05, 0.1) is 18.4 Å². The zero-order valence-electron chi connectivity index (χ0n) is 12.0. The van der Waals surface area contributed by atoms with Crippen LogP contribution in [0.4, 0.5) is 0 Å². The molecule has 3 aliphatic carbocycles. The fourth-order valence-corrected chi connectivity index (χ4v) is 3.70. The molecule has 0 saturated heterocycles. The second-order valence-corrected chi connectivity index (χ2v) is 5.50. The first-order chi connectivity index (χ1) is 8.87. The van der Waals surface area contributed by atoms with E-state index in [0.29, 0.717) is 6.42 Å². The van der Waals surface area contributed by atoms with Crippen molar-refractivity contribution in [3.05, 3.63) is 11.6 Å². The molecule has 0 radical (unpaired) electrons. The molecular formula is C14H20O5. The molecule has 1 saturated carbocycles. The second-order valence-electron chi connectivity index (χ2n) is 5.50. The quantitative estimate of drug-likeness (QED) is 0.439. The zero-order valence-corrected chi connectivity index (χ0v) is 12.0. The minimum absolute atomic E-state index is 0.193. The van der Waals surface area contributed by atoms with Crippen molar-refractivity contribution in [1.82, 2.24) is 0 Å². The predicted molar refractivity (Wildman–Crippen MR) is 67.2 cm³/mol. The Morgan fingerprint density at radius 2 is 1.89 bits per heavy atom. The Balaban J connectivity index is 2.53. The summed E-state index contributed by atoms with van der Waals surface area (Å²) in [7, 11) is 4.26. The average Bonchev–Trinajstić information content (AvgIpc) is 2.38. The molecule has 0 N–H and O–H groups in total. The largest absolute Gasteiger partial charge is 0.469 e. The molecule has 0 aromatic carbocycles. The highest BCUT2D eigenvalue weighted by Gasteiger charge is 2.65. The Morgan fingerprint density at radius 1 is 1.32 bits per heavy atom. The van der Waals surface area contributed by atoms with E-state index in [1.807, 2.05) is 13.0 Å². The molecule has 0 aromatic heterocycles. The topological polar surface area (TPSA) is 61.8 Å². The second kappa shape index (κ2) is 4.42. The number of hydrogen-bond acceptors (Lipinski definition) is 5. The Morgan fingerprint density at radius 3 is 2.32 bits per heavy atom. The van der Waals surface area contributed by atoms with Crippen LogP contribution in [-0.4, -0.2) is 38.9 Å². The van der Waals surface area contributed by atoms with Crippen LogP contribution in [0.3, 0.4) is 0 Å². The Hall–Kier alpha value is -1.20. The number of carbonyl (C=O) groups excluding carboxylic acids is 2. The van der Waals surface area contributed by atoms with Gasteiger partial charge in [-0.15, -0.1) is 0 Å². The first kappa shape index (κ1) is 14.2. The molecule has 2 bridgehead atoms. The third-order valence-corrected chi connectivity index (χ3v) is 4.55. The number of rotatable bonds is 3. The molecule has 3 aliphatic rings. The van der Waals surface area contributed by atoms with E-state index in [1.54, 1.807) is 6.92 Å². The van der Waals surface area contributed by atoms with Gasteiger partial charge >= 0.3 is 5.97 Å². The van der Waals surface area contributed by atoms with Gasteiger partial charge in [-0.2, -0.15) is 0 Å². The van der Waals surface area contributed by atoms with E-state index in [-0.39, 0.29) is 17.7 Å². The van der Waals surface area contributed by atoms with Crippen LogP contribution in [0.1, 0.15) is 20.3 Å².